The number of hydrogen-bond donors (Lipinski definition) is 2. The van der Waals surface area contributed by atoms with Gasteiger partial charge in [-0.1, -0.05) is 19.3 Å². The Morgan fingerprint density at radius 1 is 1.35 bits per heavy atom. The van der Waals surface area contributed by atoms with Crippen molar-refractivity contribution in [2.75, 3.05) is 20.3 Å². The Morgan fingerprint density at radius 3 is 2.65 bits per heavy atom. The van der Waals surface area contributed by atoms with Crippen LogP contribution in [0.2, 0.25) is 0 Å². The molecular formula is C15H27N3O2. The lowest BCUT2D eigenvalue weighted by Crippen LogP contribution is -2.38. The highest BCUT2D eigenvalue weighted by atomic mass is 16.5. The number of aromatic nitrogens is 2. The summed E-state index contributed by atoms with van der Waals surface area (Å²) in [7, 11) is 3.57. The van der Waals surface area contributed by atoms with E-state index in [-0.39, 0.29) is 12.0 Å². The molecule has 20 heavy (non-hydrogen) atoms. The maximum atomic E-state index is 9.72. The quantitative estimate of drug-likeness (QED) is 0.834. The highest BCUT2D eigenvalue weighted by Crippen LogP contribution is 2.35. The first kappa shape index (κ1) is 15.3. The van der Waals surface area contributed by atoms with Crippen LogP contribution in [0.25, 0.3) is 0 Å². The van der Waals surface area contributed by atoms with Gasteiger partial charge < -0.3 is 15.2 Å². The van der Waals surface area contributed by atoms with Gasteiger partial charge in [-0.25, -0.2) is 4.68 Å². The molecule has 0 amide bonds. The first-order valence-corrected chi connectivity index (χ1v) is 7.50. The molecule has 5 nitrogen and oxygen atoms in total. The second kappa shape index (κ2) is 6.59. The van der Waals surface area contributed by atoms with Crippen LogP contribution in [0.5, 0.6) is 5.88 Å². The Morgan fingerprint density at radius 2 is 2.05 bits per heavy atom. The third-order valence-electron chi connectivity index (χ3n) is 4.53. The molecule has 1 aliphatic rings. The Kier molecular flexibility index (Phi) is 5.05. The third kappa shape index (κ3) is 3.15. The first-order chi connectivity index (χ1) is 9.62. The van der Waals surface area contributed by atoms with Crippen molar-refractivity contribution in [1.29, 1.82) is 0 Å². The van der Waals surface area contributed by atoms with Gasteiger partial charge in [-0.2, -0.15) is 5.10 Å². The third-order valence-corrected chi connectivity index (χ3v) is 4.53. The Hall–Kier alpha value is -1.07. The Bertz CT molecular complexity index is 437. The van der Waals surface area contributed by atoms with Crippen molar-refractivity contribution in [3.63, 3.8) is 0 Å². The smallest absolute Gasteiger partial charge is 0.216 e. The standard InChI is InChI=1S/C15H27N3O2/c1-12-13(14(20-3)18(2)17-12)9-16-10-15(11-19)7-5-4-6-8-15/h16,19H,4-11H2,1-3H3. The van der Waals surface area contributed by atoms with Crippen LogP contribution >= 0.6 is 0 Å². The fourth-order valence-corrected chi connectivity index (χ4v) is 3.28. The van der Waals surface area contributed by atoms with E-state index in [1.54, 1.807) is 11.8 Å². The number of nitrogens with zero attached hydrogens (tertiary/aromatic N) is 2. The van der Waals surface area contributed by atoms with Crippen LogP contribution in [0, 0.1) is 12.3 Å². The van der Waals surface area contributed by atoms with E-state index in [9.17, 15) is 5.11 Å². The van der Waals surface area contributed by atoms with Gasteiger partial charge in [0.05, 0.1) is 18.4 Å². The number of methoxy groups -OCH3 is 1. The molecule has 1 aromatic heterocycles. The number of ether oxygens (including phenoxy) is 1. The van der Waals surface area contributed by atoms with Crippen LogP contribution < -0.4 is 10.1 Å². The minimum Gasteiger partial charge on any atom is -0.481 e. The van der Waals surface area contributed by atoms with Crippen LogP contribution in [-0.4, -0.2) is 35.1 Å². The van der Waals surface area contributed by atoms with Crippen molar-refractivity contribution in [3.05, 3.63) is 11.3 Å². The van der Waals surface area contributed by atoms with Crippen LogP contribution in [0.1, 0.15) is 43.4 Å². The average molecular weight is 281 g/mol. The number of aliphatic hydroxyl groups is 1. The summed E-state index contributed by atoms with van der Waals surface area (Å²) in [5, 5.41) is 17.6. The van der Waals surface area contributed by atoms with Gasteiger partial charge in [0.1, 0.15) is 0 Å². The SMILES string of the molecule is COc1c(CNCC2(CO)CCCCC2)c(C)nn1C. The minimum atomic E-state index is 0.0710. The molecule has 0 bridgehead atoms. The van der Waals surface area contributed by atoms with Gasteiger partial charge in [-0.05, 0) is 19.8 Å². The van der Waals surface area contributed by atoms with Crippen LogP contribution in [0.15, 0.2) is 0 Å². The van der Waals surface area contributed by atoms with Crippen molar-refractivity contribution in [3.8, 4) is 5.88 Å². The predicted octanol–water partition coefficient (Wildman–Crippen LogP) is 1.77. The van der Waals surface area contributed by atoms with Crippen molar-refractivity contribution >= 4 is 0 Å². The molecule has 0 saturated heterocycles. The normalized spacial score (nSPS) is 18.2. The van der Waals surface area contributed by atoms with Crippen molar-refractivity contribution in [2.45, 2.75) is 45.6 Å². The van der Waals surface area contributed by atoms with Crippen molar-refractivity contribution in [2.24, 2.45) is 12.5 Å². The molecule has 1 aromatic rings. The number of nitrogens with one attached hydrogen (secondary N) is 1. The average Bonchev–Trinajstić information content (AvgIpc) is 2.73. The lowest BCUT2D eigenvalue weighted by Gasteiger charge is -2.35. The van der Waals surface area contributed by atoms with E-state index in [1.165, 1.54) is 19.3 Å². The molecule has 2 N–H and O–H groups in total. The van der Waals surface area contributed by atoms with Crippen LogP contribution in [-0.2, 0) is 13.6 Å². The zero-order valence-corrected chi connectivity index (χ0v) is 12.9. The van der Waals surface area contributed by atoms with Gasteiger partial charge >= 0.3 is 0 Å². The molecule has 0 unspecified atom stereocenters. The number of aryl methyl sites for hydroxylation is 2. The van der Waals surface area contributed by atoms with E-state index < -0.39 is 0 Å². The summed E-state index contributed by atoms with van der Waals surface area (Å²) in [6, 6.07) is 0. The zero-order chi connectivity index (χ0) is 14.6. The van der Waals surface area contributed by atoms with E-state index in [0.29, 0.717) is 0 Å². The monoisotopic (exact) mass is 281 g/mol. The molecule has 0 spiro atoms. The molecule has 0 atom stereocenters. The summed E-state index contributed by atoms with van der Waals surface area (Å²) in [4.78, 5) is 0. The predicted molar refractivity (Wildman–Crippen MR) is 78.8 cm³/mol. The minimum absolute atomic E-state index is 0.0710. The topological polar surface area (TPSA) is 59.3 Å². The molecule has 1 heterocycles. The molecule has 114 valence electrons. The molecule has 1 saturated carbocycles. The van der Waals surface area contributed by atoms with Crippen molar-refractivity contribution in [1.82, 2.24) is 15.1 Å². The van der Waals surface area contributed by atoms with Gasteiger partial charge in [0.2, 0.25) is 5.88 Å². The summed E-state index contributed by atoms with van der Waals surface area (Å²) < 4.78 is 7.17. The fraction of sp³-hybridized carbons (Fsp3) is 0.800. The van der Waals surface area contributed by atoms with Gasteiger partial charge in [0.15, 0.2) is 0 Å². The van der Waals surface area contributed by atoms with Gasteiger partial charge in [-0.15, -0.1) is 0 Å². The maximum Gasteiger partial charge on any atom is 0.216 e. The van der Waals surface area contributed by atoms with E-state index in [4.69, 9.17) is 4.74 Å². The van der Waals surface area contributed by atoms with E-state index in [1.807, 2.05) is 14.0 Å². The number of hydrogen-bond acceptors (Lipinski definition) is 4. The second-order valence-electron chi connectivity index (χ2n) is 6.02. The van der Waals surface area contributed by atoms with Gasteiger partial charge in [-0.3, -0.25) is 0 Å². The summed E-state index contributed by atoms with van der Waals surface area (Å²) in [5.74, 6) is 0.816. The Labute approximate surface area is 121 Å². The van der Waals surface area contributed by atoms with Gasteiger partial charge in [0, 0.05) is 32.2 Å². The molecule has 2 rings (SSSR count). The number of rotatable bonds is 6. The molecule has 5 heteroatoms. The van der Waals surface area contributed by atoms with Gasteiger partial charge in [0.25, 0.3) is 0 Å². The second-order valence-corrected chi connectivity index (χ2v) is 6.02. The molecular weight excluding hydrogens is 254 g/mol. The fourth-order valence-electron chi connectivity index (χ4n) is 3.28. The first-order valence-electron chi connectivity index (χ1n) is 7.50. The van der Waals surface area contributed by atoms with E-state index >= 15 is 0 Å². The van der Waals surface area contributed by atoms with Crippen LogP contribution in [0.4, 0.5) is 0 Å². The summed E-state index contributed by atoms with van der Waals surface area (Å²) in [6.45, 7) is 3.89. The summed E-state index contributed by atoms with van der Waals surface area (Å²) in [6.07, 6.45) is 6.02. The molecule has 1 fully saturated rings. The Balaban J connectivity index is 1.95. The molecule has 0 aromatic carbocycles. The van der Waals surface area contributed by atoms with Crippen LogP contribution in [0.3, 0.4) is 0 Å². The maximum absolute atomic E-state index is 9.72. The lowest BCUT2D eigenvalue weighted by molar-refractivity contribution is 0.0810. The molecule has 0 radical (unpaired) electrons. The molecule has 0 aliphatic heterocycles. The highest BCUT2D eigenvalue weighted by molar-refractivity contribution is 5.30. The summed E-state index contributed by atoms with van der Waals surface area (Å²) >= 11 is 0. The summed E-state index contributed by atoms with van der Waals surface area (Å²) in [5.41, 5.74) is 2.18. The highest BCUT2D eigenvalue weighted by Gasteiger charge is 2.31. The largest absolute Gasteiger partial charge is 0.481 e. The van der Waals surface area contributed by atoms with Crippen molar-refractivity contribution < 1.29 is 9.84 Å². The lowest BCUT2D eigenvalue weighted by atomic mass is 9.74. The number of aliphatic hydroxyl groups excluding tert-OH is 1. The van der Waals surface area contributed by atoms with E-state index in [2.05, 4.69) is 10.4 Å². The zero-order valence-electron chi connectivity index (χ0n) is 12.9. The van der Waals surface area contributed by atoms with E-state index in [0.717, 1.165) is 43.1 Å². The molecule has 1 aliphatic carbocycles.